The van der Waals surface area contributed by atoms with Gasteiger partial charge in [0, 0.05) is 6.61 Å². The molecule has 2 N–H and O–H groups in total. The van der Waals surface area contributed by atoms with Gasteiger partial charge in [-0.2, -0.15) is 0 Å². The van der Waals surface area contributed by atoms with Crippen molar-refractivity contribution in [2.24, 2.45) is 0 Å². The number of aliphatic carboxylic acids is 1. The number of rotatable bonds is 7. The molecule has 1 aliphatic rings. The first-order valence-electron chi connectivity index (χ1n) is 6.12. The fourth-order valence-electron chi connectivity index (χ4n) is 2.07. The predicted molar refractivity (Wildman–Crippen MR) is 62.5 cm³/mol. The number of nitrogens with one attached hydrogen (secondary N) is 1. The molecule has 1 saturated carbocycles. The summed E-state index contributed by atoms with van der Waals surface area (Å²) < 4.78 is 5.70. The zero-order chi connectivity index (χ0) is 12.0. The summed E-state index contributed by atoms with van der Waals surface area (Å²) in [4.78, 5) is 11.0. The van der Waals surface area contributed by atoms with Gasteiger partial charge in [-0.05, 0) is 39.7 Å². The van der Waals surface area contributed by atoms with Crippen molar-refractivity contribution in [3.63, 3.8) is 0 Å². The average Bonchev–Trinajstić information content (AvgIpc) is 2.76. The van der Waals surface area contributed by atoms with E-state index in [4.69, 9.17) is 9.84 Å². The van der Waals surface area contributed by atoms with Crippen LogP contribution in [0.25, 0.3) is 0 Å². The van der Waals surface area contributed by atoms with E-state index in [1.165, 1.54) is 25.7 Å². The maximum Gasteiger partial charge on any atom is 0.323 e. The maximum absolute atomic E-state index is 11.0. The molecule has 4 nitrogen and oxygen atoms in total. The highest BCUT2D eigenvalue weighted by Crippen LogP contribution is 2.21. The van der Waals surface area contributed by atoms with E-state index in [1.807, 2.05) is 0 Å². The molecule has 0 aromatic rings. The van der Waals surface area contributed by atoms with Gasteiger partial charge >= 0.3 is 5.97 Å². The topological polar surface area (TPSA) is 58.6 Å². The lowest BCUT2D eigenvalue weighted by Crippen LogP contribution is -2.47. The third kappa shape index (κ3) is 3.76. The van der Waals surface area contributed by atoms with Crippen molar-refractivity contribution in [3.05, 3.63) is 0 Å². The first kappa shape index (κ1) is 13.5. The quantitative estimate of drug-likeness (QED) is 0.653. The smallest absolute Gasteiger partial charge is 0.323 e. The van der Waals surface area contributed by atoms with Crippen molar-refractivity contribution in [1.82, 2.24) is 5.32 Å². The molecule has 0 heterocycles. The van der Waals surface area contributed by atoms with E-state index in [9.17, 15) is 4.79 Å². The molecule has 0 spiro atoms. The largest absolute Gasteiger partial charge is 0.480 e. The van der Waals surface area contributed by atoms with Gasteiger partial charge in [0.2, 0.25) is 0 Å². The highest BCUT2D eigenvalue weighted by atomic mass is 16.5. The molecule has 0 saturated heterocycles. The zero-order valence-electron chi connectivity index (χ0n) is 10.3. The van der Waals surface area contributed by atoms with Crippen LogP contribution in [0.15, 0.2) is 0 Å². The monoisotopic (exact) mass is 229 g/mol. The Bertz CT molecular complexity index is 226. The average molecular weight is 229 g/mol. The Labute approximate surface area is 97.4 Å². The lowest BCUT2D eigenvalue weighted by atomic mass is 9.96. The van der Waals surface area contributed by atoms with Crippen LogP contribution in [0.5, 0.6) is 0 Å². The Morgan fingerprint density at radius 1 is 1.50 bits per heavy atom. The first-order valence-corrected chi connectivity index (χ1v) is 6.12. The third-order valence-electron chi connectivity index (χ3n) is 3.50. The maximum atomic E-state index is 11.0. The van der Waals surface area contributed by atoms with E-state index < -0.39 is 11.5 Å². The van der Waals surface area contributed by atoms with Crippen LogP contribution in [-0.4, -0.2) is 36.4 Å². The molecule has 0 radical (unpaired) electrons. The highest BCUT2D eigenvalue weighted by molar-refractivity contribution is 5.78. The predicted octanol–water partition coefficient (Wildman–Crippen LogP) is 1.79. The Kier molecular flexibility index (Phi) is 5.22. The number of hydrogen-bond donors (Lipinski definition) is 2. The second-order valence-corrected chi connectivity index (χ2v) is 4.77. The fourth-order valence-corrected chi connectivity index (χ4v) is 2.07. The molecule has 0 amide bonds. The zero-order valence-corrected chi connectivity index (χ0v) is 10.3. The van der Waals surface area contributed by atoms with E-state index in [0.717, 1.165) is 6.42 Å². The molecule has 94 valence electrons. The normalized spacial score (nSPS) is 20.9. The van der Waals surface area contributed by atoms with Gasteiger partial charge in [0.1, 0.15) is 5.54 Å². The molecule has 0 aromatic heterocycles. The number of hydrogen-bond acceptors (Lipinski definition) is 3. The molecule has 1 fully saturated rings. The minimum Gasteiger partial charge on any atom is -0.480 e. The van der Waals surface area contributed by atoms with Gasteiger partial charge < -0.3 is 15.2 Å². The van der Waals surface area contributed by atoms with Crippen molar-refractivity contribution >= 4 is 5.97 Å². The van der Waals surface area contributed by atoms with E-state index in [2.05, 4.69) is 5.32 Å². The van der Waals surface area contributed by atoms with E-state index in [1.54, 1.807) is 14.0 Å². The number of ether oxygens (including phenoxy) is 1. The van der Waals surface area contributed by atoms with Gasteiger partial charge in [-0.15, -0.1) is 0 Å². The van der Waals surface area contributed by atoms with Crippen LogP contribution in [0.3, 0.4) is 0 Å². The number of likely N-dealkylation sites (N-methyl/N-ethyl adjacent to an activating group) is 1. The van der Waals surface area contributed by atoms with Crippen LogP contribution in [-0.2, 0) is 9.53 Å². The minimum absolute atomic E-state index is 0.422. The molecule has 0 aromatic carbocycles. The number of carboxylic acid groups (broad SMARTS) is 1. The number of carboxylic acids is 1. The van der Waals surface area contributed by atoms with Gasteiger partial charge in [0.05, 0.1) is 6.10 Å². The second kappa shape index (κ2) is 6.21. The van der Waals surface area contributed by atoms with Gasteiger partial charge in [-0.1, -0.05) is 12.8 Å². The molecule has 1 atom stereocenters. The fraction of sp³-hybridized carbons (Fsp3) is 0.917. The van der Waals surface area contributed by atoms with Crippen molar-refractivity contribution in [2.75, 3.05) is 13.7 Å². The summed E-state index contributed by atoms with van der Waals surface area (Å²) in [5, 5.41) is 11.9. The lowest BCUT2D eigenvalue weighted by Gasteiger charge is -2.24. The van der Waals surface area contributed by atoms with Crippen LogP contribution in [0.2, 0.25) is 0 Å². The Morgan fingerprint density at radius 2 is 2.12 bits per heavy atom. The van der Waals surface area contributed by atoms with E-state index >= 15 is 0 Å². The Hall–Kier alpha value is -0.610. The summed E-state index contributed by atoms with van der Waals surface area (Å²) in [6.45, 7) is 2.39. The molecular formula is C12H23NO3. The van der Waals surface area contributed by atoms with Crippen LogP contribution >= 0.6 is 0 Å². The minimum atomic E-state index is -0.820. The lowest BCUT2D eigenvalue weighted by molar-refractivity contribution is -0.144. The standard InChI is InChI=1S/C12H23NO3/c1-12(13-2,11(14)15)8-5-9-16-10-6-3-4-7-10/h10,13H,3-9H2,1-2H3,(H,14,15). The van der Waals surface area contributed by atoms with Crippen molar-refractivity contribution in [1.29, 1.82) is 0 Å². The van der Waals surface area contributed by atoms with Crippen LogP contribution in [0, 0.1) is 0 Å². The van der Waals surface area contributed by atoms with Crippen LogP contribution in [0.1, 0.15) is 45.4 Å². The summed E-state index contributed by atoms with van der Waals surface area (Å²) in [5.41, 5.74) is -0.820. The summed E-state index contributed by atoms with van der Waals surface area (Å²) in [7, 11) is 1.69. The first-order chi connectivity index (χ1) is 7.58. The summed E-state index contributed by atoms with van der Waals surface area (Å²) in [6.07, 6.45) is 6.70. The van der Waals surface area contributed by atoms with Crippen LogP contribution < -0.4 is 5.32 Å². The van der Waals surface area contributed by atoms with Gasteiger partial charge in [-0.3, -0.25) is 4.79 Å². The van der Waals surface area contributed by atoms with E-state index in [-0.39, 0.29) is 0 Å². The summed E-state index contributed by atoms with van der Waals surface area (Å²) in [6, 6.07) is 0. The van der Waals surface area contributed by atoms with Gasteiger partial charge in [-0.25, -0.2) is 0 Å². The number of carbonyl (C=O) groups is 1. The second-order valence-electron chi connectivity index (χ2n) is 4.77. The molecule has 1 aliphatic carbocycles. The molecule has 0 aliphatic heterocycles. The van der Waals surface area contributed by atoms with E-state index in [0.29, 0.717) is 19.1 Å². The molecule has 1 rings (SSSR count). The van der Waals surface area contributed by atoms with Crippen LogP contribution in [0.4, 0.5) is 0 Å². The van der Waals surface area contributed by atoms with Crippen molar-refractivity contribution < 1.29 is 14.6 Å². The Balaban J connectivity index is 2.15. The molecular weight excluding hydrogens is 206 g/mol. The molecule has 0 bridgehead atoms. The SMILES string of the molecule is CNC(C)(CCCOC1CCCC1)C(=O)O. The molecule has 16 heavy (non-hydrogen) atoms. The van der Waals surface area contributed by atoms with Crippen molar-refractivity contribution in [2.45, 2.75) is 57.1 Å². The highest BCUT2D eigenvalue weighted by Gasteiger charge is 2.30. The molecule has 4 heteroatoms. The Morgan fingerprint density at radius 3 is 2.62 bits per heavy atom. The summed E-state index contributed by atoms with van der Waals surface area (Å²) in [5.74, 6) is -0.795. The van der Waals surface area contributed by atoms with Gasteiger partial charge in [0.25, 0.3) is 0 Å². The molecule has 1 unspecified atom stereocenters. The summed E-state index contributed by atoms with van der Waals surface area (Å²) >= 11 is 0. The van der Waals surface area contributed by atoms with Gasteiger partial charge in [0.15, 0.2) is 0 Å². The third-order valence-corrected chi connectivity index (χ3v) is 3.50. The van der Waals surface area contributed by atoms with Crippen molar-refractivity contribution in [3.8, 4) is 0 Å².